The monoisotopic (exact) mass is 310 g/mol. The number of fused-ring (bicyclic) bond motifs is 2. The summed E-state index contributed by atoms with van der Waals surface area (Å²) in [6.07, 6.45) is 5.89. The van der Waals surface area contributed by atoms with Crippen LogP contribution < -0.4 is 0 Å². The molecule has 2 bridgehead atoms. The van der Waals surface area contributed by atoms with Crippen molar-refractivity contribution in [1.82, 2.24) is 0 Å². The van der Waals surface area contributed by atoms with Crippen molar-refractivity contribution in [2.75, 3.05) is 6.61 Å². The summed E-state index contributed by atoms with van der Waals surface area (Å²) >= 11 is 0. The van der Waals surface area contributed by atoms with E-state index >= 15 is 0 Å². The molecule has 5 aliphatic rings. The molecule has 3 aliphatic heterocycles. The summed E-state index contributed by atoms with van der Waals surface area (Å²) in [5.41, 5.74) is -0.249. The maximum Gasteiger partial charge on any atom is 0.199 e. The minimum absolute atomic E-state index is 0.110. The molecule has 0 aromatic rings. The van der Waals surface area contributed by atoms with Gasteiger partial charge in [-0.05, 0) is 56.8 Å². The van der Waals surface area contributed by atoms with Crippen molar-refractivity contribution in [2.24, 2.45) is 23.7 Å². The van der Waals surface area contributed by atoms with Crippen molar-refractivity contribution >= 4 is 0 Å². The molecule has 3 saturated heterocycles. The van der Waals surface area contributed by atoms with Gasteiger partial charge in [0.15, 0.2) is 5.79 Å². The van der Waals surface area contributed by atoms with Gasteiger partial charge in [-0.3, -0.25) is 0 Å². The summed E-state index contributed by atoms with van der Waals surface area (Å²) in [5.74, 6) is 1.63. The first-order chi connectivity index (χ1) is 10.5. The van der Waals surface area contributed by atoms with Crippen LogP contribution in [-0.2, 0) is 19.2 Å². The summed E-state index contributed by atoms with van der Waals surface area (Å²) in [6, 6.07) is 0. The maximum absolute atomic E-state index is 6.47. The third kappa shape index (κ3) is 1.97. The fourth-order valence-electron chi connectivity index (χ4n) is 5.87. The van der Waals surface area contributed by atoms with Crippen LogP contribution in [0.15, 0.2) is 0 Å². The maximum atomic E-state index is 6.47. The average molecular weight is 310 g/mol. The summed E-state index contributed by atoms with van der Waals surface area (Å²) in [4.78, 5) is 12.1. The second-order valence-corrected chi connectivity index (χ2v) is 8.16. The van der Waals surface area contributed by atoms with Crippen LogP contribution in [0.1, 0.15) is 59.8 Å². The smallest absolute Gasteiger partial charge is 0.199 e. The molecule has 2 aliphatic carbocycles. The van der Waals surface area contributed by atoms with Gasteiger partial charge in [0.1, 0.15) is 5.60 Å². The van der Waals surface area contributed by atoms with E-state index < -0.39 is 5.79 Å². The van der Waals surface area contributed by atoms with Crippen LogP contribution >= 0.6 is 0 Å². The van der Waals surface area contributed by atoms with Crippen LogP contribution in [0, 0.1) is 23.7 Å². The minimum atomic E-state index is -0.575. The van der Waals surface area contributed by atoms with Gasteiger partial charge in [-0.15, -0.1) is 0 Å². The van der Waals surface area contributed by atoms with E-state index in [-0.39, 0.29) is 17.8 Å². The van der Waals surface area contributed by atoms with E-state index in [1.807, 2.05) is 6.92 Å². The van der Waals surface area contributed by atoms with Gasteiger partial charge in [0.25, 0.3) is 0 Å². The first-order valence-corrected chi connectivity index (χ1v) is 9.16. The van der Waals surface area contributed by atoms with Gasteiger partial charge in [0, 0.05) is 19.4 Å². The number of rotatable bonds is 2. The quantitative estimate of drug-likeness (QED) is 0.729. The number of hydrogen-bond donors (Lipinski definition) is 0. The van der Waals surface area contributed by atoms with Crippen LogP contribution in [0.4, 0.5) is 0 Å². The Morgan fingerprint density at radius 3 is 2.68 bits per heavy atom. The highest BCUT2D eigenvalue weighted by Gasteiger charge is 2.68. The Morgan fingerprint density at radius 2 is 1.91 bits per heavy atom. The molecule has 0 amide bonds. The topological polar surface area (TPSA) is 36.9 Å². The van der Waals surface area contributed by atoms with E-state index in [0.717, 1.165) is 25.9 Å². The van der Waals surface area contributed by atoms with E-state index in [4.69, 9.17) is 19.2 Å². The van der Waals surface area contributed by atoms with Crippen molar-refractivity contribution in [3.8, 4) is 0 Å². The van der Waals surface area contributed by atoms with Gasteiger partial charge in [-0.2, -0.15) is 0 Å². The SMILES string of the molecule is CCOC1C[C@@H]2O[C@]3(C)CC[C@H]4[C@H](C)CC[C@@H]([C@H]1C)[C@@]24OO3. The second-order valence-electron chi connectivity index (χ2n) is 8.16. The first kappa shape index (κ1) is 15.4. The van der Waals surface area contributed by atoms with Crippen LogP contribution in [0.25, 0.3) is 0 Å². The van der Waals surface area contributed by atoms with E-state index in [1.165, 1.54) is 12.8 Å². The average Bonchev–Trinajstić information content (AvgIpc) is 2.71. The van der Waals surface area contributed by atoms with Crippen LogP contribution in [0.3, 0.4) is 0 Å². The molecular weight excluding hydrogens is 280 g/mol. The molecule has 5 fully saturated rings. The van der Waals surface area contributed by atoms with E-state index in [9.17, 15) is 0 Å². The summed E-state index contributed by atoms with van der Waals surface area (Å²) < 4.78 is 12.5. The fourth-order valence-corrected chi connectivity index (χ4v) is 5.87. The number of hydrogen-bond acceptors (Lipinski definition) is 4. The first-order valence-electron chi connectivity index (χ1n) is 9.16. The van der Waals surface area contributed by atoms with E-state index in [2.05, 4.69) is 20.8 Å². The largest absolute Gasteiger partial charge is 0.378 e. The van der Waals surface area contributed by atoms with Gasteiger partial charge >= 0.3 is 0 Å². The Morgan fingerprint density at radius 1 is 1.09 bits per heavy atom. The van der Waals surface area contributed by atoms with Crippen molar-refractivity contribution in [1.29, 1.82) is 0 Å². The molecule has 126 valence electrons. The van der Waals surface area contributed by atoms with Crippen molar-refractivity contribution in [3.05, 3.63) is 0 Å². The Kier molecular flexibility index (Phi) is 3.61. The summed E-state index contributed by atoms with van der Waals surface area (Å²) in [6.45, 7) is 9.62. The fraction of sp³-hybridized carbons (Fsp3) is 1.00. The van der Waals surface area contributed by atoms with Crippen LogP contribution in [0.5, 0.6) is 0 Å². The Bertz CT molecular complexity index is 441. The van der Waals surface area contributed by atoms with Gasteiger partial charge in [0.2, 0.25) is 0 Å². The molecule has 0 N–H and O–H groups in total. The van der Waals surface area contributed by atoms with E-state index in [0.29, 0.717) is 23.7 Å². The molecule has 5 rings (SSSR count). The van der Waals surface area contributed by atoms with Crippen LogP contribution in [-0.4, -0.2) is 30.2 Å². The Labute approximate surface area is 133 Å². The predicted octanol–water partition coefficient (Wildman–Crippen LogP) is 3.69. The van der Waals surface area contributed by atoms with Crippen molar-refractivity contribution < 1.29 is 19.2 Å². The molecule has 0 aromatic heterocycles. The zero-order valence-corrected chi connectivity index (χ0v) is 14.3. The highest BCUT2D eigenvalue weighted by molar-refractivity contribution is 5.13. The van der Waals surface area contributed by atoms with Crippen LogP contribution in [0.2, 0.25) is 0 Å². The Balaban J connectivity index is 1.75. The Hall–Kier alpha value is -0.160. The van der Waals surface area contributed by atoms with Crippen molar-refractivity contribution in [3.63, 3.8) is 0 Å². The molecule has 1 unspecified atom stereocenters. The molecule has 22 heavy (non-hydrogen) atoms. The van der Waals surface area contributed by atoms with Crippen molar-refractivity contribution in [2.45, 2.75) is 83.4 Å². The second kappa shape index (κ2) is 5.17. The molecule has 3 heterocycles. The molecule has 4 heteroatoms. The van der Waals surface area contributed by atoms with Gasteiger partial charge in [0.05, 0.1) is 12.2 Å². The normalized spacial score (nSPS) is 57.3. The molecule has 0 radical (unpaired) electrons. The predicted molar refractivity (Wildman–Crippen MR) is 82.0 cm³/mol. The summed E-state index contributed by atoms with van der Waals surface area (Å²) in [7, 11) is 0. The molecular formula is C18H30O4. The van der Waals surface area contributed by atoms with E-state index in [1.54, 1.807) is 0 Å². The lowest BCUT2D eigenvalue weighted by Gasteiger charge is -2.61. The molecule has 4 nitrogen and oxygen atoms in total. The molecule has 2 saturated carbocycles. The minimum Gasteiger partial charge on any atom is -0.378 e. The third-order valence-electron chi connectivity index (χ3n) is 6.99. The lowest BCUT2D eigenvalue weighted by molar-refractivity contribution is -0.540. The summed E-state index contributed by atoms with van der Waals surface area (Å²) in [5, 5.41) is 0. The zero-order chi connectivity index (χ0) is 15.5. The zero-order valence-electron chi connectivity index (χ0n) is 14.3. The molecule has 8 atom stereocenters. The highest BCUT2D eigenvalue weighted by Crippen LogP contribution is 2.61. The highest BCUT2D eigenvalue weighted by atomic mass is 17.3. The third-order valence-corrected chi connectivity index (χ3v) is 6.99. The molecule has 0 aromatic carbocycles. The lowest BCUT2D eigenvalue weighted by atomic mass is 9.53. The molecule has 1 spiro atoms. The van der Waals surface area contributed by atoms with Gasteiger partial charge < -0.3 is 9.47 Å². The van der Waals surface area contributed by atoms with Gasteiger partial charge in [-0.1, -0.05) is 13.8 Å². The standard InChI is InChI=1S/C18H30O4/c1-5-19-15-10-16-18-13(8-9-17(4,20-16)21-22-18)11(2)6-7-14(18)12(15)3/h11-16H,5-10H2,1-4H3/t11-,12-,13+,14+,15?,16+,17+,18-/m1/s1. The van der Waals surface area contributed by atoms with Gasteiger partial charge in [-0.25, -0.2) is 9.78 Å². The number of ether oxygens (including phenoxy) is 2. The lowest BCUT2D eigenvalue weighted by Crippen LogP contribution is -2.69.